The van der Waals surface area contributed by atoms with Gasteiger partial charge >= 0.3 is 11.9 Å². The Kier molecular flexibility index (Phi) is 6.08. The summed E-state index contributed by atoms with van der Waals surface area (Å²) in [6.45, 7) is 6.07. The Bertz CT molecular complexity index is 1280. The maximum atomic E-state index is 14.3. The van der Waals surface area contributed by atoms with E-state index in [9.17, 15) is 28.0 Å². The molecular formula is C25H23F3N2O5. The highest BCUT2D eigenvalue weighted by molar-refractivity contribution is 5.98. The van der Waals surface area contributed by atoms with Crippen molar-refractivity contribution in [2.75, 3.05) is 0 Å². The summed E-state index contributed by atoms with van der Waals surface area (Å²) < 4.78 is 54.9. The van der Waals surface area contributed by atoms with Crippen molar-refractivity contribution < 1.29 is 37.0 Å². The first kappa shape index (κ1) is 24.3. The molecule has 1 aromatic heterocycles. The minimum atomic E-state index is -1.77. The van der Waals surface area contributed by atoms with E-state index >= 15 is 0 Å². The number of hydrogen-bond acceptors (Lipinski definition) is 5. The average molecular weight is 488 g/mol. The standard InChI is InChI=1S/C25H23F3N2O5/c1-13-14(2)30(33)22(29(13)12-15-8-6-5-7-9-15)19(16-10-17(26)21(28)18(27)11-16)20-23(31)34-25(3,4)35-24(20)32/h5-11,19-20H,12H2,1-4H3/t19-/m1/s1. The van der Waals surface area contributed by atoms with E-state index in [1.54, 1.807) is 23.6 Å². The van der Waals surface area contributed by atoms with E-state index in [4.69, 9.17) is 9.47 Å². The molecule has 0 amide bonds. The molecule has 0 spiro atoms. The molecule has 1 saturated heterocycles. The molecule has 0 aliphatic carbocycles. The van der Waals surface area contributed by atoms with Crippen molar-refractivity contribution in [1.82, 2.24) is 4.57 Å². The third-order valence-electron chi connectivity index (χ3n) is 6.08. The fourth-order valence-electron chi connectivity index (χ4n) is 4.30. The summed E-state index contributed by atoms with van der Waals surface area (Å²) in [5.41, 5.74) is 1.25. The normalized spacial score (nSPS) is 16.7. The van der Waals surface area contributed by atoms with Gasteiger partial charge in [-0.25, -0.2) is 22.5 Å². The molecule has 184 valence electrons. The second kappa shape index (κ2) is 8.75. The molecule has 0 radical (unpaired) electrons. The molecule has 1 atom stereocenters. The van der Waals surface area contributed by atoms with Gasteiger partial charge < -0.3 is 14.7 Å². The molecule has 1 aliphatic rings. The van der Waals surface area contributed by atoms with Gasteiger partial charge in [-0.1, -0.05) is 30.3 Å². The zero-order valence-corrected chi connectivity index (χ0v) is 19.5. The molecule has 0 N–H and O–H groups in total. The van der Waals surface area contributed by atoms with Gasteiger partial charge in [-0.3, -0.25) is 9.59 Å². The molecule has 10 heteroatoms. The number of cyclic esters (lactones) is 2. The van der Waals surface area contributed by atoms with Crippen LogP contribution in [0.1, 0.15) is 48.1 Å². The van der Waals surface area contributed by atoms with Gasteiger partial charge in [0, 0.05) is 27.7 Å². The highest BCUT2D eigenvalue weighted by atomic mass is 19.2. The summed E-state index contributed by atoms with van der Waals surface area (Å²) in [7, 11) is 0. The quantitative estimate of drug-likeness (QED) is 0.179. The Labute approximate surface area is 199 Å². The molecule has 0 saturated carbocycles. The van der Waals surface area contributed by atoms with E-state index in [-0.39, 0.29) is 23.6 Å². The van der Waals surface area contributed by atoms with Crippen LogP contribution in [0.4, 0.5) is 13.2 Å². The number of nitrogens with zero attached hydrogens (tertiary/aromatic N) is 2. The van der Waals surface area contributed by atoms with Crippen molar-refractivity contribution in [3.05, 3.63) is 93.5 Å². The van der Waals surface area contributed by atoms with Crippen molar-refractivity contribution in [2.45, 2.75) is 45.9 Å². The SMILES string of the molecule is Cc1c(C)[n+]([O-])c([C@H](c2cc(F)c(F)c(F)c2)C2C(=O)OC(C)(C)OC2=O)n1Cc1ccccc1. The summed E-state index contributed by atoms with van der Waals surface area (Å²) in [6, 6.07) is 10.4. The molecule has 0 unspecified atom stereocenters. The number of carbonyl (C=O) groups excluding carboxylic acids is 2. The van der Waals surface area contributed by atoms with E-state index in [1.807, 2.05) is 18.2 Å². The maximum Gasteiger partial charge on any atom is 0.324 e. The second-order valence-electron chi connectivity index (χ2n) is 8.89. The van der Waals surface area contributed by atoms with Gasteiger partial charge in [-0.2, -0.15) is 0 Å². The number of benzene rings is 2. The van der Waals surface area contributed by atoms with Crippen LogP contribution in [0.2, 0.25) is 0 Å². The number of rotatable bonds is 5. The van der Waals surface area contributed by atoms with Crippen molar-refractivity contribution in [3.8, 4) is 0 Å². The predicted molar refractivity (Wildman–Crippen MR) is 116 cm³/mol. The van der Waals surface area contributed by atoms with Crippen molar-refractivity contribution >= 4 is 11.9 Å². The Morgan fingerprint density at radius 3 is 2.11 bits per heavy atom. The molecule has 1 aliphatic heterocycles. The molecule has 3 aromatic rings. The number of aromatic nitrogens is 2. The molecule has 4 rings (SSSR count). The highest BCUT2D eigenvalue weighted by Gasteiger charge is 2.52. The molecule has 35 heavy (non-hydrogen) atoms. The van der Waals surface area contributed by atoms with Gasteiger partial charge in [0.2, 0.25) is 0 Å². The van der Waals surface area contributed by atoms with Gasteiger partial charge in [0.05, 0.1) is 0 Å². The molecule has 1 fully saturated rings. The number of carbonyl (C=O) groups is 2. The second-order valence-corrected chi connectivity index (χ2v) is 8.89. The zero-order valence-electron chi connectivity index (χ0n) is 19.5. The van der Waals surface area contributed by atoms with Gasteiger partial charge in [-0.05, 0) is 23.3 Å². The first-order chi connectivity index (χ1) is 16.4. The monoisotopic (exact) mass is 488 g/mol. The Balaban J connectivity index is 1.97. The zero-order chi connectivity index (χ0) is 25.7. The highest BCUT2D eigenvalue weighted by Crippen LogP contribution is 2.39. The summed E-state index contributed by atoms with van der Waals surface area (Å²) in [5, 5.41) is 13.4. The van der Waals surface area contributed by atoms with Gasteiger partial charge in [-0.15, -0.1) is 0 Å². The number of halogens is 3. The summed E-state index contributed by atoms with van der Waals surface area (Å²) >= 11 is 0. The summed E-state index contributed by atoms with van der Waals surface area (Å²) in [5.74, 6) is -11.9. The van der Waals surface area contributed by atoms with Crippen LogP contribution >= 0.6 is 0 Å². The largest absolute Gasteiger partial charge is 0.711 e. The van der Waals surface area contributed by atoms with E-state index < -0.39 is 47.0 Å². The fourth-order valence-corrected chi connectivity index (χ4v) is 4.30. The van der Waals surface area contributed by atoms with Crippen molar-refractivity contribution in [3.63, 3.8) is 0 Å². The Morgan fingerprint density at radius 1 is 1.03 bits per heavy atom. The van der Waals surface area contributed by atoms with E-state index in [0.29, 0.717) is 22.6 Å². The Morgan fingerprint density at radius 2 is 1.57 bits per heavy atom. The average Bonchev–Trinajstić information content (AvgIpc) is 2.98. The molecule has 2 heterocycles. The lowest BCUT2D eigenvalue weighted by molar-refractivity contribution is -0.621. The minimum absolute atomic E-state index is 0.145. The lowest BCUT2D eigenvalue weighted by Crippen LogP contribution is -2.50. The van der Waals surface area contributed by atoms with Gasteiger partial charge in [0.15, 0.2) is 23.4 Å². The molecule has 0 bridgehead atoms. The number of ether oxygens (including phenoxy) is 2. The maximum absolute atomic E-state index is 14.3. The van der Waals surface area contributed by atoms with E-state index in [2.05, 4.69) is 0 Å². The third-order valence-corrected chi connectivity index (χ3v) is 6.08. The lowest BCUT2D eigenvalue weighted by Gasteiger charge is -2.35. The first-order valence-corrected chi connectivity index (χ1v) is 10.8. The topological polar surface area (TPSA) is 84.5 Å². The summed E-state index contributed by atoms with van der Waals surface area (Å²) in [6.07, 6.45) is 0. The lowest BCUT2D eigenvalue weighted by atomic mass is 9.84. The summed E-state index contributed by atoms with van der Waals surface area (Å²) in [4.78, 5) is 26.0. The van der Waals surface area contributed by atoms with Gasteiger partial charge in [0.25, 0.3) is 11.6 Å². The van der Waals surface area contributed by atoms with E-state index in [1.165, 1.54) is 20.8 Å². The molecule has 7 nitrogen and oxygen atoms in total. The molecular weight excluding hydrogens is 465 g/mol. The number of imidazole rings is 1. The Hall–Kier alpha value is -3.82. The van der Waals surface area contributed by atoms with Crippen molar-refractivity contribution in [1.29, 1.82) is 0 Å². The van der Waals surface area contributed by atoms with Crippen LogP contribution in [0.5, 0.6) is 0 Å². The van der Waals surface area contributed by atoms with Gasteiger partial charge in [0.1, 0.15) is 23.9 Å². The number of hydrogen-bond donors (Lipinski definition) is 0. The van der Waals surface area contributed by atoms with Crippen LogP contribution in [-0.4, -0.2) is 22.3 Å². The first-order valence-electron chi connectivity index (χ1n) is 10.8. The van der Waals surface area contributed by atoms with Crippen LogP contribution in [0, 0.1) is 42.4 Å². The van der Waals surface area contributed by atoms with Crippen LogP contribution in [-0.2, 0) is 25.6 Å². The van der Waals surface area contributed by atoms with Crippen LogP contribution < -0.4 is 4.73 Å². The predicted octanol–water partition coefficient (Wildman–Crippen LogP) is 3.79. The molecule has 2 aromatic carbocycles. The van der Waals surface area contributed by atoms with Crippen LogP contribution in [0.3, 0.4) is 0 Å². The van der Waals surface area contributed by atoms with Crippen LogP contribution in [0.15, 0.2) is 42.5 Å². The van der Waals surface area contributed by atoms with Crippen LogP contribution in [0.25, 0.3) is 0 Å². The number of esters is 2. The van der Waals surface area contributed by atoms with E-state index in [0.717, 1.165) is 5.56 Å². The third kappa shape index (κ3) is 4.36. The smallest absolute Gasteiger partial charge is 0.324 e. The fraction of sp³-hybridized carbons (Fsp3) is 0.320. The van der Waals surface area contributed by atoms with Crippen molar-refractivity contribution in [2.24, 2.45) is 5.92 Å². The minimum Gasteiger partial charge on any atom is -0.711 e.